The van der Waals surface area contributed by atoms with Crippen molar-refractivity contribution in [2.75, 3.05) is 0 Å². The monoisotopic (exact) mass is 210 g/mol. The van der Waals surface area contributed by atoms with Crippen LogP contribution in [0.1, 0.15) is 38.2 Å². The summed E-state index contributed by atoms with van der Waals surface area (Å²) in [5.74, 6) is -1.38. The Balaban J connectivity index is 2.14. The lowest BCUT2D eigenvalue weighted by atomic mass is 9.92. The van der Waals surface area contributed by atoms with E-state index >= 15 is 0 Å². The van der Waals surface area contributed by atoms with Gasteiger partial charge in [0.1, 0.15) is 0 Å². The second kappa shape index (κ2) is 3.92. The molecule has 15 heavy (non-hydrogen) atoms. The largest absolute Gasteiger partial charge is 0.204 e. The first-order valence-electron chi connectivity index (χ1n) is 5.60. The van der Waals surface area contributed by atoms with Gasteiger partial charge >= 0.3 is 0 Å². The fourth-order valence-electron chi connectivity index (χ4n) is 2.31. The molecule has 0 spiro atoms. The summed E-state index contributed by atoms with van der Waals surface area (Å²) in [5.41, 5.74) is 0.824. The molecule has 2 heteroatoms. The van der Waals surface area contributed by atoms with Gasteiger partial charge in [-0.1, -0.05) is 25.5 Å². The molecule has 1 aliphatic rings. The van der Waals surface area contributed by atoms with Crippen LogP contribution in [0.3, 0.4) is 0 Å². The van der Waals surface area contributed by atoms with Gasteiger partial charge in [-0.25, -0.2) is 8.78 Å². The van der Waals surface area contributed by atoms with Gasteiger partial charge in [-0.15, -0.1) is 0 Å². The summed E-state index contributed by atoms with van der Waals surface area (Å²) < 4.78 is 26.4. The molecule has 1 fully saturated rings. The maximum Gasteiger partial charge on any atom is 0.162 e. The van der Waals surface area contributed by atoms with Crippen molar-refractivity contribution in [1.29, 1.82) is 0 Å². The van der Waals surface area contributed by atoms with E-state index in [0.717, 1.165) is 25.7 Å². The van der Waals surface area contributed by atoms with Gasteiger partial charge in [-0.3, -0.25) is 0 Å². The van der Waals surface area contributed by atoms with Crippen molar-refractivity contribution in [3.8, 4) is 0 Å². The number of halogens is 2. The number of hydrogen-bond donors (Lipinski definition) is 0. The molecule has 0 amide bonds. The van der Waals surface area contributed by atoms with Crippen molar-refractivity contribution in [2.45, 2.75) is 39.0 Å². The minimum absolute atomic E-state index is 0.281. The summed E-state index contributed by atoms with van der Waals surface area (Å²) in [6, 6.07) is 4.47. The van der Waals surface area contributed by atoms with Gasteiger partial charge < -0.3 is 0 Å². The van der Waals surface area contributed by atoms with Crippen molar-refractivity contribution in [2.24, 2.45) is 5.41 Å². The molecule has 1 aromatic rings. The zero-order valence-electron chi connectivity index (χ0n) is 9.02. The first-order valence-corrected chi connectivity index (χ1v) is 5.60. The fraction of sp³-hybridized carbons (Fsp3) is 0.538. The number of hydrogen-bond acceptors (Lipinski definition) is 0. The first kappa shape index (κ1) is 10.6. The van der Waals surface area contributed by atoms with E-state index in [0.29, 0.717) is 12.0 Å². The van der Waals surface area contributed by atoms with Gasteiger partial charge in [0.25, 0.3) is 0 Å². The second-order valence-corrected chi connectivity index (χ2v) is 4.64. The van der Waals surface area contributed by atoms with Crippen molar-refractivity contribution in [3.05, 3.63) is 35.4 Å². The van der Waals surface area contributed by atoms with E-state index in [-0.39, 0.29) is 5.41 Å². The van der Waals surface area contributed by atoms with Crippen LogP contribution in [0.15, 0.2) is 18.2 Å². The molecule has 0 aliphatic heterocycles. The molecular formula is C13H16F2. The average molecular weight is 210 g/mol. The molecule has 0 radical (unpaired) electrons. The lowest BCUT2D eigenvalue weighted by Gasteiger charge is -2.14. The van der Waals surface area contributed by atoms with E-state index in [9.17, 15) is 8.78 Å². The Morgan fingerprint density at radius 1 is 1.27 bits per heavy atom. The maximum atomic E-state index is 13.4. The van der Waals surface area contributed by atoms with E-state index in [1.165, 1.54) is 6.07 Å². The van der Waals surface area contributed by atoms with Gasteiger partial charge in [-0.05, 0) is 42.7 Å². The van der Waals surface area contributed by atoms with Crippen LogP contribution >= 0.6 is 0 Å². The van der Waals surface area contributed by atoms with Gasteiger partial charge in [0.15, 0.2) is 11.6 Å². The zero-order chi connectivity index (χ0) is 10.9. The SMILES string of the molecule is CCCC1(Cc2cccc(F)c2F)CC1. The molecule has 82 valence electrons. The molecule has 2 rings (SSSR count). The normalized spacial score (nSPS) is 17.8. The third-order valence-corrected chi connectivity index (χ3v) is 3.33. The minimum atomic E-state index is -0.722. The highest BCUT2D eigenvalue weighted by atomic mass is 19.2. The highest BCUT2D eigenvalue weighted by Crippen LogP contribution is 2.52. The Bertz CT molecular complexity index is 354. The van der Waals surface area contributed by atoms with Crippen LogP contribution in [-0.4, -0.2) is 0 Å². The van der Waals surface area contributed by atoms with Crippen molar-refractivity contribution < 1.29 is 8.78 Å². The Kier molecular flexibility index (Phi) is 2.76. The van der Waals surface area contributed by atoms with Crippen LogP contribution < -0.4 is 0 Å². The van der Waals surface area contributed by atoms with Crippen molar-refractivity contribution in [1.82, 2.24) is 0 Å². The molecule has 0 heterocycles. The second-order valence-electron chi connectivity index (χ2n) is 4.64. The van der Waals surface area contributed by atoms with Gasteiger partial charge in [0, 0.05) is 0 Å². The molecule has 0 atom stereocenters. The zero-order valence-corrected chi connectivity index (χ0v) is 9.02. The summed E-state index contributed by atoms with van der Waals surface area (Å²) in [7, 11) is 0. The minimum Gasteiger partial charge on any atom is -0.204 e. The number of rotatable bonds is 4. The molecule has 0 unspecified atom stereocenters. The smallest absolute Gasteiger partial charge is 0.162 e. The van der Waals surface area contributed by atoms with Crippen LogP contribution in [0, 0.1) is 17.0 Å². The highest BCUT2D eigenvalue weighted by Gasteiger charge is 2.41. The Morgan fingerprint density at radius 3 is 2.60 bits per heavy atom. The molecule has 0 saturated heterocycles. The Morgan fingerprint density at radius 2 is 2.00 bits per heavy atom. The molecule has 1 saturated carbocycles. The van der Waals surface area contributed by atoms with Crippen LogP contribution in [-0.2, 0) is 6.42 Å². The van der Waals surface area contributed by atoms with E-state index in [1.54, 1.807) is 12.1 Å². The molecule has 1 aromatic carbocycles. The Hall–Kier alpha value is -0.920. The summed E-state index contributed by atoms with van der Waals surface area (Å²) >= 11 is 0. The third kappa shape index (κ3) is 2.19. The maximum absolute atomic E-state index is 13.4. The molecule has 1 aliphatic carbocycles. The average Bonchev–Trinajstić information content (AvgIpc) is 2.94. The van der Waals surface area contributed by atoms with Crippen LogP contribution in [0.4, 0.5) is 8.78 Å². The predicted octanol–water partition coefficient (Wildman–Crippen LogP) is 4.09. The molecule has 0 N–H and O–H groups in total. The summed E-state index contributed by atoms with van der Waals surface area (Å²) in [6.45, 7) is 2.14. The van der Waals surface area contributed by atoms with Gasteiger partial charge in [-0.2, -0.15) is 0 Å². The molecule has 0 bridgehead atoms. The summed E-state index contributed by atoms with van der Waals surface area (Å²) in [4.78, 5) is 0. The molecule has 0 nitrogen and oxygen atoms in total. The van der Waals surface area contributed by atoms with E-state index in [1.807, 2.05) is 0 Å². The topological polar surface area (TPSA) is 0 Å². The van der Waals surface area contributed by atoms with Crippen molar-refractivity contribution in [3.63, 3.8) is 0 Å². The summed E-state index contributed by atoms with van der Waals surface area (Å²) in [6.07, 6.45) is 5.28. The molecular weight excluding hydrogens is 194 g/mol. The van der Waals surface area contributed by atoms with E-state index in [2.05, 4.69) is 6.92 Å². The summed E-state index contributed by atoms with van der Waals surface area (Å²) in [5, 5.41) is 0. The van der Waals surface area contributed by atoms with Gasteiger partial charge in [0.2, 0.25) is 0 Å². The van der Waals surface area contributed by atoms with E-state index < -0.39 is 11.6 Å². The van der Waals surface area contributed by atoms with Crippen LogP contribution in [0.5, 0.6) is 0 Å². The predicted molar refractivity (Wildman–Crippen MR) is 56.6 cm³/mol. The fourth-order valence-corrected chi connectivity index (χ4v) is 2.31. The highest BCUT2D eigenvalue weighted by molar-refractivity contribution is 5.22. The van der Waals surface area contributed by atoms with E-state index in [4.69, 9.17) is 0 Å². The molecule has 0 aromatic heterocycles. The third-order valence-electron chi connectivity index (χ3n) is 3.33. The lowest BCUT2D eigenvalue weighted by Crippen LogP contribution is -2.07. The Labute approximate surface area is 89.3 Å². The lowest BCUT2D eigenvalue weighted by molar-refractivity contribution is 0.433. The van der Waals surface area contributed by atoms with Crippen molar-refractivity contribution >= 4 is 0 Å². The van der Waals surface area contributed by atoms with Crippen LogP contribution in [0.2, 0.25) is 0 Å². The van der Waals surface area contributed by atoms with Crippen LogP contribution in [0.25, 0.3) is 0 Å². The standard InChI is InChI=1S/C13H16F2/c1-2-6-13(7-8-13)9-10-4-3-5-11(14)12(10)15/h3-5H,2,6-9H2,1H3. The number of benzene rings is 1. The quantitative estimate of drug-likeness (QED) is 0.702. The first-order chi connectivity index (χ1) is 7.17. The van der Waals surface area contributed by atoms with Gasteiger partial charge in [0.05, 0.1) is 0 Å².